The van der Waals surface area contributed by atoms with Crippen LogP contribution >= 0.6 is 0 Å². The number of hydrogen-bond donors (Lipinski definition) is 3. The number of aryl methyl sites for hydroxylation is 1. The van der Waals surface area contributed by atoms with Crippen LogP contribution in [0.15, 0.2) is 85.1 Å². The average molecular weight is 550 g/mol. The minimum Gasteiger partial charge on any atom is -0.490 e. The molecule has 0 bridgehead atoms. The van der Waals surface area contributed by atoms with Gasteiger partial charge in [-0.2, -0.15) is 0 Å². The van der Waals surface area contributed by atoms with Gasteiger partial charge >= 0.3 is 0 Å². The Hall–Kier alpha value is -5.31. The van der Waals surface area contributed by atoms with Gasteiger partial charge in [0.1, 0.15) is 11.6 Å². The number of fused-ring (bicyclic) bond motifs is 1. The van der Waals surface area contributed by atoms with Gasteiger partial charge in [-0.15, -0.1) is 0 Å². The number of carbonyl (C=O) groups is 2. The molecule has 8 nitrogen and oxygen atoms in total. The second-order valence-corrected chi connectivity index (χ2v) is 9.79. The maximum atomic E-state index is 14.1. The van der Waals surface area contributed by atoms with E-state index in [-0.39, 0.29) is 17.8 Å². The van der Waals surface area contributed by atoms with Crippen LogP contribution in [0.4, 0.5) is 21.7 Å². The quantitative estimate of drug-likeness (QED) is 0.200. The van der Waals surface area contributed by atoms with Crippen molar-refractivity contribution < 1.29 is 18.7 Å². The lowest BCUT2D eigenvalue weighted by atomic mass is 10.0. The van der Waals surface area contributed by atoms with E-state index in [0.717, 1.165) is 22.1 Å². The molecule has 0 aliphatic carbocycles. The summed E-state index contributed by atoms with van der Waals surface area (Å²) in [5.41, 5.74) is 10.3. The van der Waals surface area contributed by atoms with Gasteiger partial charge < -0.3 is 21.1 Å². The van der Waals surface area contributed by atoms with Crippen molar-refractivity contribution in [2.45, 2.75) is 26.9 Å². The smallest absolute Gasteiger partial charge is 0.255 e. The first-order chi connectivity index (χ1) is 19.7. The van der Waals surface area contributed by atoms with Gasteiger partial charge in [-0.1, -0.05) is 24.3 Å². The van der Waals surface area contributed by atoms with E-state index in [9.17, 15) is 14.0 Å². The number of primary amides is 1. The molecule has 4 aromatic carbocycles. The number of benzene rings is 4. The number of nitrogens with one attached hydrogen (secondary N) is 2. The topological polar surface area (TPSA) is 119 Å². The molecule has 1 heterocycles. The van der Waals surface area contributed by atoms with Crippen molar-refractivity contribution in [3.05, 3.63) is 108 Å². The maximum Gasteiger partial charge on any atom is 0.255 e. The zero-order valence-electron chi connectivity index (χ0n) is 22.7. The summed E-state index contributed by atoms with van der Waals surface area (Å²) in [6.07, 6.45) is 1.58. The number of ether oxygens (including phenoxy) is 1. The molecule has 0 atom stereocenters. The Morgan fingerprint density at radius 2 is 1.68 bits per heavy atom. The normalized spacial score (nSPS) is 11.0. The molecular formula is C32H28FN5O3. The van der Waals surface area contributed by atoms with Crippen LogP contribution in [0.3, 0.4) is 0 Å². The summed E-state index contributed by atoms with van der Waals surface area (Å²) >= 11 is 0. The molecule has 0 unspecified atom stereocenters. The molecular weight excluding hydrogens is 521 g/mol. The molecule has 206 valence electrons. The van der Waals surface area contributed by atoms with Crippen LogP contribution in [0.5, 0.6) is 5.75 Å². The minimum atomic E-state index is -0.559. The van der Waals surface area contributed by atoms with Crippen LogP contribution < -0.4 is 21.1 Å². The number of nitrogens with zero attached hydrogens (tertiary/aromatic N) is 2. The number of carbonyl (C=O) groups excluding carboxylic acids is 2. The third-order valence-corrected chi connectivity index (χ3v) is 6.38. The Balaban J connectivity index is 1.43. The Morgan fingerprint density at radius 3 is 2.41 bits per heavy atom. The van der Waals surface area contributed by atoms with E-state index < -0.39 is 5.91 Å². The van der Waals surface area contributed by atoms with Crippen molar-refractivity contribution in [3.63, 3.8) is 0 Å². The Bertz CT molecular complexity index is 1770. The zero-order chi connectivity index (χ0) is 29.1. The van der Waals surface area contributed by atoms with Crippen LogP contribution in [0.25, 0.3) is 22.0 Å². The van der Waals surface area contributed by atoms with Gasteiger partial charge in [-0.3, -0.25) is 9.59 Å². The number of rotatable bonds is 8. The first-order valence-corrected chi connectivity index (χ1v) is 13.0. The van der Waals surface area contributed by atoms with Crippen molar-refractivity contribution in [2.24, 2.45) is 5.73 Å². The number of amides is 2. The zero-order valence-corrected chi connectivity index (χ0v) is 22.7. The molecule has 0 saturated heterocycles. The van der Waals surface area contributed by atoms with Gasteiger partial charge in [0.15, 0.2) is 0 Å². The van der Waals surface area contributed by atoms with E-state index in [0.29, 0.717) is 39.7 Å². The number of anilines is 3. The fourth-order valence-electron chi connectivity index (χ4n) is 4.35. The summed E-state index contributed by atoms with van der Waals surface area (Å²) in [5.74, 6) is -0.486. The molecule has 2 amide bonds. The van der Waals surface area contributed by atoms with Crippen molar-refractivity contribution >= 4 is 40.0 Å². The molecule has 0 spiro atoms. The van der Waals surface area contributed by atoms with Gasteiger partial charge in [0, 0.05) is 51.3 Å². The molecule has 5 aromatic rings. The maximum absolute atomic E-state index is 14.1. The summed E-state index contributed by atoms with van der Waals surface area (Å²) < 4.78 is 20.0. The van der Waals surface area contributed by atoms with E-state index >= 15 is 0 Å². The average Bonchev–Trinajstić information content (AvgIpc) is 2.94. The van der Waals surface area contributed by atoms with Crippen LogP contribution in [-0.2, 0) is 0 Å². The highest BCUT2D eigenvalue weighted by Gasteiger charge is 2.15. The first kappa shape index (κ1) is 27.3. The Kier molecular flexibility index (Phi) is 7.60. The molecule has 1 aromatic heterocycles. The highest BCUT2D eigenvalue weighted by molar-refractivity contribution is 6.05. The predicted octanol–water partition coefficient (Wildman–Crippen LogP) is 6.63. The van der Waals surface area contributed by atoms with Crippen molar-refractivity contribution in [3.8, 4) is 16.9 Å². The SMILES string of the molecule is Cc1ccc(Nc2ncc3cccc(-c4ccc(F)cc4OC(C)C)c3n2)cc1NC(=O)c1ccc(C(N)=O)cc1. The number of aromatic nitrogens is 2. The summed E-state index contributed by atoms with van der Waals surface area (Å²) in [6, 6.07) is 21.8. The van der Waals surface area contributed by atoms with Crippen molar-refractivity contribution in [1.82, 2.24) is 9.97 Å². The van der Waals surface area contributed by atoms with Gasteiger partial charge in [0.25, 0.3) is 5.91 Å². The molecule has 4 N–H and O–H groups in total. The summed E-state index contributed by atoms with van der Waals surface area (Å²) in [5, 5.41) is 6.93. The summed E-state index contributed by atoms with van der Waals surface area (Å²) in [7, 11) is 0. The summed E-state index contributed by atoms with van der Waals surface area (Å²) in [6.45, 7) is 5.66. The van der Waals surface area contributed by atoms with Crippen LogP contribution in [0.2, 0.25) is 0 Å². The molecule has 0 aliphatic rings. The van der Waals surface area contributed by atoms with E-state index in [2.05, 4.69) is 15.6 Å². The molecule has 41 heavy (non-hydrogen) atoms. The fourth-order valence-corrected chi connectivity index (χ4v) is 4.35. The highest BCUT2D eigenvalue weighted by atomic mass is 19.1. The lowest BCUT2D eigenvalue weighted by molar-refractivity contribution is 0.0995. The monoisotopic (exact) mass is 549 g/mol. The number of para-hydroxylation sites is 1. The standard InChI is InChI=1S/C32H28FN5O3/c1-18(2)41-28-15-23(33)12-14-25(28)26-6-4-5-22-17-35-32(38-29(22)26)36-24-13-7-19(3)27(16-24)37-31(40)21-10-8-20(9-11-21)30(34)39/h4-18H,1-3H3,(H2,34,39)(H,37,40)(H,35,36,38). The third kappa shape index (κ3) is 6.14. The van der Waals surface area contributed by atoms with E-state index in [1.165, 1.54) is 24.3 Å². The Labute approximate surface area is 236 Å². The van der Waals surface area contributed by atoms with Gasteiger partial charge in [-0.25, -0.2) is 14.4 Å². The molecule has 9 heteroatoms. The minimum absolute atomic E-state index is 0.136. The molecule has 0 saturated carbocycles. The second-order valence-electron chi connectivity index (χ2n) is 9.79. The lowest BCUT2D eigenvalue weighted by Gasteiger charge is -2.16. The summed E-state index contributed by atoms with van der Waals surface area (Å²) in [4.78, 5) is 33.4. The number of nitrogens with two attached hydrogens (primary N) is 1. The van der Waals surface area contributed by atoms with E-state index in [4.69, 9.17) is 15.5 Å². The molecule has 5 rings (SSSR count). The lowest BCUT2D eigenvalue weighted by Crippen LogP contribution is -2.14. The predicted molar refractivity (Wildman–Crippen MR) is 158 cm³/mol. The Morgan fingerprint density at radius 1 is 0.927 bits per heavy atom. The largest absolute Gasteiger partial charge is 0.490 e. The van der Waals surface area contributed by atoms with Gasteiger partial charge in [-0.05, 0) is 74.9 Å². The van der Waals surface area contributed by atoms with Crippen LogP contribution in [-0.4, -0.2) is 27.9 Å². The molecule has 0 fully saturated rings. The fraction of sp³-hybridized carbons (Fsp3) is 0.125. The van der Waals surface area contributed by atoms with E-state index in [1.54, 1.807) is 30.5 Å². The van der Waals surface area contributed by atoms with Crippen LogP contribution in [0.1, 0.15) is 40.1 Å². The second kappa shape index (κ2) is 11.4. The van der Waals surface area contributed by atoms with Crippen molar-refractivity contribution in [1.29, 1.82) is 0 Å². The van der Waals surface area contributed by atoms with Crippen molar-refractivity contribution in [2.75, 3.05) is 10.6 Å². The van der Waals surface area contributed by atoms with E-state index in [1.807, 2.05) is 51.1 Å². The number of hydrogen-bond acceptors (Lipinski definition) is 6. The van der Waals surface area contributed by atoms with Gasteiger partial charge in [0.2, 0.25) is 11.9 Å². The third-order valence-electron chi connectivity index (χ3n) is 6.38. The van der Waals surface area contributed by atoms with Crippen LogP contribution in [0, 0.1) is 12.7 Å². The highest BCUT2D eigenvalue weighted by Crippen LogP contribution is 2.36. The first-order valence-electron chi connectivity index (χ1n) is 13.0. The number of halogens is 1. The van der Waals surface area contributed by atoms with Gasteiger partial charge in [0.05, 0.1) is 11.6 Å². The molecule has 0 radical (unpaired) electrons. The molecule has 0 aliphatic heterocycles.